The highest BCUT2D eigenvalue weighted by Crippen LogP contribution is 2.40. The van der Waals surface area contributed by atoms with Gasteiger partial charge in [0.1, 0.15) is 5.82 Å². The van der Waals surface area contributed by atoms with Gasteiger partial charge < -0.3 is 5.32 Å². The summed E-state index contributed by atoms with van der Waals surface area (Å²) in [5, 5.41) is 20.9. The quantitative estimate of drug-likeness (QED) is 0.772. The molecule has 1 N–H and O–H groups in total. The molecule has 132 valence electrons. The van der Waals surface area contributed by atoms with E-state index in [1.165, 1.54) is 11.3 Å². The molecule has 1 fully saturated rings. The molecule has 1 aliphatic carbocycles. The third-order valence-corrected chi connectivity index (χ3v) is 5.69. The summed E-state index contributed by atoms with van der Waals surface area (Å²) in [6.07, 6.45) is 6.24. The summed E-state index contributed by atoms with van der Waals surface area (Å²) in [5.41, 5.74) is 3.66. The zero-order valence-electron chi connectivity index (χ0n) is 14.7. The summed E-state index contributed by atoms with van der Waals surface area (Å²) in [6, 6.07) is 12.7. The van der Waals surface area contributed by atoms with E-state index in [0.29, 0.717) is 11.8 Å². The number of nitrogens with one attached hydrogen (secondary N) is 1. The van der Waals surface area contributed by atoms with Gasteiger partial charge in [-0.3, -0.25) is 4.57 Å². The topological polar surface area (TPSA) is 68.5 Å². The van der Waals surface area contributed by atoms with Gasteiger partial charge in [0.25, 0.3) is 0 Å². The van der Waals surface area contributed by atoms with Crippen LogP contribution in [0.2, 0.25) is 0 Å². The predicted octanol–water partition coefficient (Wildman–Crippen LogP) is 3.10. The molecule has 0 radical (unpaired) electrons. The summed E-state index contributed by atoms with van der Waals surface area (Å²) in [6.45, 7) is 1.63. The number of nitrogens with zero attached hydrogens (tertiary/aromatic N) is 5. The van der Waals surface area contributed by atoms with E-state index < -0.39 is 0 Å². The first-order valence-corrected chi connectivity index (χ1v) is 9.41. The normalized spacial score (nSPS) is 22.3. The molecule has 26 heavy (non-hydrogen) atoms. The Balaban J connectivity index is 1.43. The Hall–Kier alpha value is -2.60. The van der Waals surface area contributed by atoms with Crippen LogP contribution >= 0.6 is 0 Å². The van der Waals surface area contributed by atoms with Gasteiger partial charge in [-0.25, -0.2) is 0 Å². The maximum Gasteiger partial charge on any atom is 0.151 e. The van der Waals surface area contributed by atoms with Crippen LogP contribution < -0.4 is 5.32 Å². The van der Waals surface area contributed by atoms with Crippen molar-refractivity contribution in [1.82, 2.24) is 30.3 Å². The molecule has 2 aliphatic rings. The standard InChI is InChI=1S/C20H22N6/c1-2-6-18-16(4-1)12-21-13-19-24-25-20(26(18)19)15-9-7-14(8-10-15)17-5-3-11-22-23-17/h1-6,11,14-15,21H,7-10,12-13H2. The Bertz CT molecular complexity index is 896. The minimum absolute atomic E-state index is 0.454. The fraction of sp³-hybridized carbons (Fsp3) is 0.400. The lowest BCUT2D eigenvalue weighted by atomic mass is 9.80. The van der Waals surface area contributed by atoms with Crippen molar-refractivity contribution >= 4 is 0 Å². The first-order valence-electron chi connectivity index (χ1n) is 9.41. The minimum atomic E-state index is 0.454. The van der Waals surface area contributed by atoms with Crippen molar-refractivity contribution < 1.29 is 0 Å². The molecular formula is C20H22N6. The second-order valence-electron chi connectivity index (χ2n) is 7.24. The maximum atomic E-state index is 4.60. The molecule has 1 saturated carbocycles. The average molecular weight is 346 g/mol. The molecule has 0 atom stereocenters. The van der Waals surface area contributed by atoms with Crippen molar-refractivity contribution in [1.29, 1.82) is 0 Å². The van der Waals surface area contributed by atoms with Crippen LogP contribution in [0.25, 0.3) is 5.69 Å². The van der Waals surface area contributed by atoms with Crippen molar-refractivity contribution in [2.24, 2.45) is 0 Å². The Kier molecular flexibility index (Phi) is 3.97. The Morgan fingerprint density at radius 3 is 2.54 bits per heavy atom. The highest BCUT2D eigenvalue weighted by Gasteiger charge is 2.30. The van der Waals surface area contributed by atoms with Crippen LogP contribution in [0.5, 0.6) is 0 Å². The fourth-order valence-electron chi connectivity index (χ4n) is 4.34. The van der Waals surface area contributed by atoms with E-state index >= 15 is 0 Å². The third kappa shape index (κ3) is 2.70. The molecule has 0 saturated heterocycles. The van der Waals surface area contributed by atoms with E-state index in [4.69, 9.17) is 0 Å². The summed E-state index contributed by atoms with van der Waals surface area (Å²) in [7, 11) is 0. The molecule has 6 heteroatoms. The predicted molar refractivity (Wildman–Crippen MR) is 97.9 cm³/mol. The lowest BCUT2D eigenvalue weighted by molar-refractivity contribution is 0.376. The molecule has 0 amide bonds. The van der Waals surface area contributed by atoms with Crippen LogP contribution in [0.15, 0.2) is 42.6 Å². The maximum absolute atomic E-state index is 4.60. The zero-order valence-corrected chi connectivity index (χ0v) is 14.7. The first-order chi connectivity index (χ1) is 12.9. The second kappa shape index (κ2) is 6.61. The van der Waals surface area contributed by atoms with Crippen molar-refractivity contribution in [3.05, 3.63) is 65.5 Å². The number of rotatable bonds is 2. The largest absolute Gasteiger partial charge is 0.306 e. The highest BCUT2D eigenvalue weighted by atomic mass is 15.3. The molecule has 3 heterocycles. The molecular weight excluding hydrogens is 324 g/mol. The lowest BCUT2D eigenvalue weighted by Crippen LogP contribution is -2.17. The number of hydrogen-bond acceptors (Lipinski definition) is 5. The van der Waals surface area contributed by atoms with Gasteiger partial charge in [0.05, 0.1) is 17.9 Å². The molecule has 0 unspecified atom stereocenters. The molecule has 2 aromatic heterocycles. The fourth-order valence-corrected chi connectivity index (χ4v) is 4.34. The lowest BCUT2D eigenvalue weighted by Gasteiger charge is -2.27. The summed E-state index contributed by atoms with van der Waals surface area (Å²) in [5.74, 6) is 3.10. The number of aromatic nitrogens is 5. The molecule has 3 aromatic rings. The summed E-state index contributed by atoms with van der Waals surface area (Å²) in [4.78, 5) is 0. The van der Waals surface area contributed by atoms with Crippen LogP contribution in [-0.4, -0.2) is 25.0 Å². The monoisotopic (exact) mass is 346 g/mol. The second-order valence-corrected chi connectivity index (χ2v) is 7.24. The Labute approximate surface area is 152 Å². The Morgan fingerprint density at radius 2 is 1.69 bits per heavy atom. The van der Waals surface area contributed by atoms with Crippen molar-refractivity contribution in [3.8, 4) is 5.69 Å². The highest BCUT2D eigenvalue weighted by molar-refractivity contribution is 5.44. The van der Waals surface area contributed by atoms with Crippen LogP contribution in [-0.2, 0) is 13.1 Å². The van der Waals surface area contributed by atoms with E-state index in [-0.39, 0.29) is 0 Å². The smallest absolute Gasteiger partial charge is 0.151 e. The molecule has 1 aromatic carbocycles. The third-order valence-electron chi connectivity index (χ3n) is 5.69. The van der Waals surface area contributed by atoms with E-state index in [1.54, 1.807) is 6.20 Å². The van der Waals surface area contributed by atoms with Gasteiger partial charge in [-0.2, -0.15) is 10.2 Å². The number of para-hydroxylation sites is 1. The van der Waals surface area contributed by atoms with E-state index in [2.05, 4.69) is 60.6 Å². The van der Waals surface area contributed by atoms with Gasteiger partial charge >= 0.3 is 0 Å². The number of fused-ring (bicyclic) bond motifs is 3. The molecule has 0 spiro atoms. The van der Waals surface area contributed by atoms with Gasteiger partial charge in [-0.15, -0.1) is 10.2 Å². The van der Waals surface area contributed by atoms with Gasteiger partial charge in [0, 0.05) is 24.6 Å². The van der Waals surface area contributed by atoms with Crippen LogP contribution in [0.1, 0.15) is 60.4 Å². The molecule has 5 rings (SSSR count). The van der Waals surface area contributed by atoms with E-state index in [0.717, 1.165) is 56.1 Å². The number of benzene rings is 1. The van der Waals surface area contributed by atoms with Crippen molar-refractivity contribution in [3.63, 3.8) is 0 Å². The number of hydrogen-bond donors (Lipinski definition) is 1. The van der Waals surface area contributed by atoms with Gasteiger partial charge in [-0.1, -0.05) is 18.2 Å². The average Bonchev–Trinajstić information content (AvgIpc) is 3.04. The first kappa shape index (κ1) is 15.6. The molecule has 0 bridgehead atoms. The minimum Gasteiger partial charge on any atom is -0.306 e. The zero-order chi connectivity index (χ0) is 17.3. The van der Waals surface area contributed by atoms with Crippen LogP contribution in [0, 0.1) is 0 Å². The molecule has 6 nitrogen and oxygen atoms in total. The van der Waals surface area contributed by atoms with Crippen molar-refractivity contribution in [2.75, 3.05) is 0 Å². The van der Waals surface area contributed by atoms with Gasteiger partial charge in [0.15, 0.2) is 5.82 Å². The SMILES string of the molecule is c1cnnc(C2CCC(c3nnc4n3-c3ccccc3CNC4)CC2)c1. The van der Waals surface area contributed by atoms with Crippen LogP contribution in [0.3, 0.4) is 0 Å². The van der Waals surface area contributed by atoms with Gasteiger partial charge in [0.2, 0.25) is 0 Å². The van der Waals surface area contributed by atoms with E-state index in [9.17, 15) is 0 Å². The van der Waals surface area contributed by atoms with Gasteiger partial charge in [-0.05, 0) is 49.4 Å². The van der Waals surface area contributed by atoms with E-state index in [1.807, 2.05) is 6.07 Å². The summed E-state index contributed by atoms with van der Waals surface area (Å²) >= 11 is 0. The molecule has 1 aliphatic heterocycles. The Morgan fingerprint density at radius 1 is 0.846 bits per heavy atom. The van der Waals surface area contributed by atoms with Crippen molar-refractivity contribution in [2.45, 2.75) is 50.6 Å². The summed E-state index contributed by atoms with van der Waals surface area (Å²) < 4.78 is 2.29. The van der Waals surface area contributed by atoms with Crippen LogP contribution in [0.4, 0.5) is 0 Å².